The van der Waals surface area contributed by atoms with Crippen molar-refractivity contribution in [2.75, 3.05) is 5.32 Å². The molecule has 0 aliphatic rings. The van der Waals surface area contributed by atoms with Crippen LogP contribution in [-0.2, 0) is 6.54 Å². The molecule has 0 aliphatic carbocycles. The molecule has 0 amide bonds. The maximum Gasteiger partial charge on any atom is 0.194 e. The molecule has 106 valence electrons. The van der Waals surface area contributed by atoms with Crippen LogP contribution in [0.1, 0.15) is 21.8 Å². The minimum atomic E-state index is -0.501. The summed E-state index contributed by atoms with van der Waals surface area (Å²) in [5.41, 5.74) is 2.80. The van der Waals surface area contributed by atoms with Gasteiger partial charge in [0.05, 0.1) is 23.5 Å². The minimum Gasteiger partial charge on any atom is -0.379 e. The number of nitrogens with one attached hydrogen (secondary N) is 1. The van der Waals surface area contributed by atoms with Crippen molar-refractivity contribution in [1.29, 1.82) is 5.26 Å². The number of anilines is 1. The first-order valence-corrected chi connectivity index (χ1v) is 7.27. The number of rotatable bonds is 3. The molecular formula is C15H13FN4S. The second-order valence-corrected chi connectivity index (χ2v) is 6.01. The van der Waals surface area contributed by atoms with Crippen LogP contribution in [0.5, 0.6) is 0 Å². The lowest BCUT2D eigenvalue weighted by atomic mass is 10.2. The van der Waals surface area contributed by atoms with Gasteiger partial charge in [-0.25, -0.2) is 9.37 Å². The first kappa shape index (κ1) is 13.6. The maximum absolute atomic E-state index is 13.3. The number of fused-ring (bicyclic) bond motifs is 1. The van der Waals surface area contributed by atoms with Crippen molar-refractivity contribution in [2.45, 2.75) is 20.4 Å². The third-order valence-corrected chi connectivity index (χ3v) is 4.19. The Labute approximate surface area is 125 Å². The quantitative estimate of drug-likeness (QED) is 0.803. The Morgan fingerprint density at radius 3 is 3.00 bits per heavy atom. The van der Waals surface area contributed by atoms with E-state index < -0.39 is 5.82 Å². The van der Waals surface area contributed by atoms with E-state index in [2.05, 4.69) is 20.9 Å². The predicted octanol–water partition coefficient (Wildman–Crippen LogP) is 3.64. The van der Waals surface area contributed by atoms with Crippen LogP contribution in [0.25, 0.3) is 4.96 Å². The maximum atomic E-state index is 13.3. The number of thiazole rings is 1. The zero-order valence-electron chi connectivity index (χ0n) is 11.6. The molecule has 0 fully saturated rings. The van der Waals surface area contributed by atoms with Crippen LogP contribution in [0.3, 0.4) is 0 Å². The number of aromatic nitrogens is 2. The van der Waals surface area contributed by atoms with Crippen LogP contribution in [0.4, 0.5) is 10.1 Å². The summed E-state index contributed by atoms with van der Waals surface area (Å²) >= 11 is 1.65. The van der Waals surface area contributed by atoms with Crippen molar-refractivity contribution < 1.29 is 4.39 Å². The van der Waals surface area contributed by atoms with Crippen LogP contribution in [0, 0.1) is 31.0 Å². The van der Waals surface area contributed by atoms with E-state index >= 15 is 0 Å². The number of benzene rings is 1. The fraction of sp³-hybridized carbons (Fsp3) is 0.200. The van der Waals surface area contributed by atoms with Gasteiger partial charge < -0.3 is 5.32 Å². The Bertz CT molecular complexity index is 857. The second kappa shape index (κ2) is 5.19. The first-order valence-electron chi connectivity index (χ1n) is 6.46. The molecule has 21 heavy (non-hydrogen) atoms. The molecule has 1 N–H and O–H groups in total. The molecule has 0 atom stereocenters. The van der Waals surface area contributed by atoms with E-state index in [4.69, 9.17) is 5.26 Å². The second-order valence-electron chi connectivity index (χ2n) is 4.80. The lowest BCUT2D eigenvalue weighted by molar-refractivity contribution is 0.624. The largest absolute Gasteiger partial charge is 0.379 e. The molecule has 0 unspecified atom stereocenters. The van der Waals surface area contributed by atoms with E-state index in [1.54, 1.807) is 17.4 Å². The first-order chi connectivity index (χ1) is 10.1. The summed E-state index contributed by atoms with van der Waals surface area (Å²) < 4.78 is 15.4. The van der Waals surface area contributed by atoms with Gasteiger partial charge in [0.25, 0.3) is 0 Å². The molecular weight excluding hydrogens is 287 g/mol. The molecule has 3 rings (SSSR count). The summed E-state index contributed by atoms with van der Waals surface area (Å²) in [5.74, 6) is -0.501. The van der Waals surface area contributed by atoms with Gasteiger partial charge in [0, 0.05) is 16.8 Å². The van der Waals surface area contributed by atoms with Gasteiger partial charge in [-0.05, 0) is 32.0 Å². The molecule has 6 heteroatoms. The molecule has 0 saturated heterocycles. The third-order valence-electron chi connectivity index (χ3n) is 3.29. The van der Waals surface area contributed by atoms with E-state index in [1.807, 2.05) is 19.9 Å². The highest BCUT2D eigenvalue weighted by Crippen LogP contribution is 2.22. The van der Waals surface area contributed by atoms with Crippen LogP contribution in [0.15, 0.2) is 24.4 Å². The summed E-state index contributed by atoms with van der Waals surface area (Å²) in [5, 5.41) is 12.1. The van der Waals surface area contributed by atoms with Crippen molar-refractivity contribution in [3.8, 4) is 6.07 Å². The summed E-state index contributed by atoms with van der Waals surface area (Å²) in [7, 11) is 0. The number of nitrogens with zero attached hydrogens (tertiary/aromatic N) is 3. The lowest BCUT2D eigenvalue weighted by Gasteiger charge is -2.07. The van der Waals surface area contributed by atoms with Gasteiger partial charge in [-0.3, -0.25) is 4.40 Å². The van der Waals surface area contributed by atoms with Crippen molar-refractivity contribution in [3.63, 3.8) is 0 Å². The van der Waals surface area contributed by atoms with Gasteiger partial charge in [-0.15, -0.1) is 11.3 Å². The summed E-state index contributed by atoms with van der Waals surface area (Å²) in [6, 6.07) is 6.29. The monoisotopic (exact) mass is 300 g/mol. The Hall–Kier alpha value is -2.39. The highest BCUT2D eigenvalue weighted by atomic mass is 32.1. The number of hydrogen-bond acceptors (Lipinski definition) is 4. The molecule has 2 heterocycles. The normalized spacial score (nSPS) is 10.8. The molecule has 0 saturated carbocycles. The number of nitriles is 1. The van der Waals surface area contributed by atoms with Gasteiger partial charge in [-0.2, -0.15) is 5.26 Å². The molecule has 1 aromatic carbocycles. The van der Waals surface area contributed by atoms with E-state index in [9.17, 15) is 4.39 Å². The standard InChI is InChI=1S/C15H13FN4S/c1-9-8-20-14(10(2)19-15(20)21-9)7-18-12-3-4-13(16)11(5-12)6-17/h3-5,8,18H,7H2,1-2H3. The van der Waals surface area contributed by atoms with E-state index in [-0.39, 0.29) is 5.56 Å². The van der Waals surface area contributed by atoms with Gasteiger partial charge >= 0.3 is 0 Å². The fourth-order valence-electron chi connectivity index (χ4n) is 2.23. The molecule has 4 nitrogen and oxygen atoms in total. The van der Waals surface area contributed by atoms with E-state index in [0.717, 1.165) is 16.3 Å². The Morgan fingerprint density at radius 2 is 2.24 bits per heavy atom. The summed E-state index contributed by atoms with van der Waals surface area (Å²) in [4.78, 5) is 6.70. The van der Waals surface area contributed by atoms with Gasteiger partial charge in [0.1, 0.15) is 11.9 Å². The average Bonchev–Trinajstić information content (AvgIpc) is 2.93. The molecule has 0 bridgehead atoms. The topological polar surface area (TPSA) is 53.1 Å². The molecule has 3 aromatic rings. The molecule has 0 aliphatic heterocycles. The summed E-state index contributed by atoms with van der Waals surface area (Å²) in [6.07, 6.45) is 2.06. The lowest BCUT2D eigenvalue weighted by Crippen LogP contribution is -2.04. The number of imidazole rings is 1. The third kappa shape index (κ3) is 2.48. The molecule has 0 spiro atoms. The van der Waals surface area contributed by atoms with E-state index in [0.29, 0.717) is 12.2 Å². The fourth-order valence-corrected chi connectivity index (χ4v) is 3.12. The van der Waals surface area contributed by atoms with Crippen molar-refractivity contribution in [3.05, 3.63) is 52.0 Å². The van der Waals surface area contributed by atoms with Gasteiger partial charge in [0.15, 0.2) is 4.96 Å². The SMILES string of the molecule is Cc1cn2c(CNc3ccc(F)c(C#N)c3)c(C)nc2s1. The van der Waals surface area contributed by atoms with Crippen LogP contribution in [-0.4, -0.2) is 9.38 Å². The van der Waals surface area contributed by atoms with Crippen LogP contribution in [0.2, 0.25) is 0 Å². The highest BCUT2D eigenvalue weighted by molar-refractivity contribution is 7.17. The zero-order valence-corrected chi connectivity index (χ0v) is 12.5. The van der Waals surface area contributed by atoms with Gasteiger partial charge in [0.2, 0.25) is 0 Å². The minimum absolute atomic E-state index is 0.0431. The Kier molecular flexibility index (Phi) is 3.35. The molecule has 0 radical (unpaired) electrons. The smallest absolute Gasteiger partial charge is 0.194 e. The predicted molar refractivity (Wildman–Crippen MR) is 81.0 cm³/mol. The number of hydrogen-bond donors (Lipinski definition) is 1. The molecule has 2 aromatic heterocycles. The van der Waals surface area contributed by atoms with Crippen molar-refractivity contribution in [2.24, 2.45) is 0 Å². The van der Waals surface area contributed by atoms with E-state index in [1.165, 1.54) is 17.0 Å². The number of aryl methyl sites for hydroxylation is 2. The van der Waals surface area contributed by atoms with Crippen molar-refractivity contribution in [1.82, 2.24) is 9.38 Å². The van der Waals surface area contributed by atoms with Crippen LogP contribution < -0.4 is 5.32 Å². The Balaban J connectivity index is 1.86. The van der Waals surface area contributed by atoms with Gasteiger partial charge in [-0.1, -0.05) is 0 Å². The van der Waals surface area contributed by atoms with Crippen LogP contribution >= 0.6 is 11.3 Å². The highest BCUT2D eigenvalue weighted by Gasteiger charge is 2.11. The number of halogens is 1. The zero-order chi connectivity index (χ0) is 15.0. The van der Waals surface area contributed by atoms with Crippen molar-refractivity contribution >= 4 is 22.0 Å². The Morgan fingerprint density at radius 1 is 1.43 bits per heavy atom. The average molecular weight is 300 g/mol. The summed E-state index contributed by atoms with van der Waals surface area (Å²) in [6.45, 7) is 4.59.